The Morgan fingerprint density at radius 3 is 2.82 bits per heavy atom. The van der Waals surface area contributed by atoms with Crippen LogP contribution in [0.3, 0.4) is 0 Å². The molecule has 0 aromatic carbocycles. The molecule has 0 aliphatic heterocycles. The zero-order chi connectivity index (χ0) is 8.27. The van der Waals surface area contributed by atoms with Crippen molar-refractivity contribution < 1.29 is 4.79 Å². The van der Waals surface area contributed by atoms with Gasteiger partial charge in [-0.05, 0) is 19.9 Å². The highest BCUT2D eigenvalue weighted by Crippen LogP contribution is 2.10. The van der Waals surface area contributed by atoms with Gasteiger partial charge in [0, 0.05) is 6.20 Å². The summed E-state index contributed by atoms with van der Waals surface area (Å²) in [6.07, 6.45) is 3.09. The van der Waals surface area contributed by atoms with E-state index in [1.807, 2.05) is 6.92 Å². The van der Waals surface area contributed by atoms with Crippen LogP contribution in [0.25, 0.3) is 0 Å². The maximum atomic E-state index is 10.9. The normalized spacial score (nSPS) is 12.5. The molecule has 0 radical (unpaired) electrons. The first-order chi connectivity index (χ1) is 5.22. The van der Waals surface area contributed by atoms with E-state index in [2.05, 4.69) is 9.97 Å². The van der Waals surface area contributed by atoms with Gasteiger partial charge < -0.3 is 0 Å². The van der Waals surface area contributed by atoms with Gasteiger partial charge in [-0.1, -0.05) is 0 Å². The van der Waals surface area contributed by atoms with Gasteiger partial charge >= 0.3 is 0 Å². The minimum absolute atomic E-state index is 0.113. The molecule has 0 saturated heterocycles. The van der Waals surface area contributed by atoms with E-state index in [-0.39, 0.29) is 11.7 Å². The molecule has 0 spiro atoms. The molecule has 1 atom stereocenters. The van der Waals surface area contributed by atoms with E-state index in [1.165, 1.54) is 6.33 Å². The number of carbonyl (C=O) groups is 1. The van der Waals surface area contributed by atoms with Crippen molar-refractivity contribution in [1.82, 2.24) is 9.97 Å². The van der Waals surface area contributed by atoms with Crippen LogP contribution < -0.4 is 0 Å². The van der Waals surface area contributed by atoms with Crippen molar-refractivity contribution in [3.8, 4) is 0 Å². The molecular weight excluding hydrogens is 140 g/mol. The van der Waals surface area contributed by atoms with Gasteiger partial charge in [0.1, 0.15) is 12.1 Å². The van der Waals surface area contributed by atoms with Crippen molar-refractivity contribution >= 4 is 5.78 Å². The summed E-state index contributed by atoms with van der Waals surface area (Å²) in [6.45, 7) is 3.40. The van der Waals surface area contributed by atoms with Gasteiger partial charge in [0.25, 0.3) is 0 Å². The summed E-state index contributed by atoms with van der Waals surface area (Å²) >= 11 is 0. The minimum atomic E-state index is -0.113. The zero-order valence-corrected chi connectivity index (χ0v) is 6.61. The number of Topliss-reactive ketones (excluding diaryl/α,β-unsaturated/α-hetero) is 1. The summed E-state index contributed by atoms with van der Waals surface area (Å²) in [6, 6.07) is 1.76. The first-order valence-electron chi connectivity index (χ1n) is 3.48. The molecule has 3 nitrogen and oxygen atoms in total. The van der Waals surface area contributed by atoms with Crippen LogP contribution in [0, 0.1) is 0 Å². The number of rotatable bonds is 2. The molecule has 0 aliphatic rings. The van der Waals surface area contributed by atoms with Crippen LogP contribution in [-0.4, -0.2) is 15.8 Å². The Morgan fingerprint density at radius 1 is 1.64 bits per heavy atom. The van der Waals surface area contributed by atoms with E-state index in [1.54, 1.807) is 19.2 Å². The smallest absolute Gasteiger partial charge is 0.138 e. The van der Waals surface area contributed by atoms with Gasteiger partial charge in [0.05, 0.1) is 11.6 Å². The molecule has 1 aromatic rings. The van der Waals surface area contributed by atoms with E-state index in [9.17, 15) is 4.79 Å². The van der Waals surface area contributed by atoms with E-state index in [4.69, 9.17) is 0 Å². The highest BCUT2D eigenvalue weighted by molar-refractivity contribution is 5.82. The molecule has 11 heavy (non-hydrogen) atoms. The van der Waals surface area contributed by atoms with Gasteiger partial charge in [0.2, 0.25) is 0 Å². The fourth-order valence-corrected chi connectivity index (χ4v) is 0.765. The monoisotopic (exact) mass is 150 g/mol. The Bertz CT molecular complexity index is 246. The topological polar surface area (TPSA) is 42.9 Å². The molecule has 58 valence electrons. The molecule has 0 saturated carbocycles. The van der Waals surface area contributed by atoms with Crippen LogP contribution in [-0.2, 0) is 4.79 Å². The van der Waals surface area contributed by atoms with Crippen LogP contribution in [0.15, 0.2) is 18.6 Å². The molecule has 1 rings (SSSR count). The fourth-order valence-electron chi connectivity index (χ4n) is 0.765. The number of hydrogen-bond donors (Lipinski definition) is 0. The van der Waals surface area contributed by atoms with Crippen LogP contribution in [0.2, 0.25) is 0 Å². The summed E-state index contributed by atoms with van der Waals surface area (Å²) in [7, 11) is 0. The molecule has 1 aromatic heterocycles. The number of ketones is 1. The highest BCUT2D eigenvalue weighted by Gasteiger charge is 2.10. The second kappa shape index (κ2) is 3.23. The minimum Gasteiger partial charge on any atom is -0.299 e. The largest absolute Gasteiger partial charge is 0.299 e. The van der Waals surface area contributed by atoms with Crippen molar-refractivity contribution in [3.05, 3.63) is 24.3 Å². The lowest BCUT2D eigenvalue weighted by Gasteiger charge is -2.04. The molecule has 0 N–H and O–H groups in total. The zero-order valence-electron chi connectivity index (χ0n) is 6.61. The lowest BCUT2D eigenvalue weighted by molar-refractivity contribution is -0.118. The Morgan fingerprint density at radius 2 is 2.36 bits per heavy atom. The summed E-state index contributed by atoms with van der Waals surface area (Å²) in [5, 5.41) is 0. The maximum Gasteiger partial charge on any atom is 0.138 e. The lowest BCUT2D eigenvalue weighted by Crippen LogP contribution is -2.05. The van der Waals surface area contributed by atoms with E-state index >= 15 is 0 Å². The van der Waals surface area contributed by atoms with E-state index in [0.29, 0.717) is 0 Å². The lowest BCUT2D eigenvalue weighted by atomic mass is 10.0. The Kier molecular flexibility index (Phi) is 2.31. The molecule has 1 unspecified atom stereocenters. The second-order valence-electron chi connectivity index (χ2n) is 2.47. The molecular formula is C8H10N2O. The van der Waals surface area contributed by atoms with Crippen molar-refractivity contribution in [2.75, 3.05) is 0 Å². The third kappa shape index (κ3) is 1.83. The second-order valence-corrected chi connectivity index (χ2v) is 2.47. The van der Waals surface area contributed by atoms with Gasteiger partial charge in [-0.2, -0.15) is 0 Å². The molecule has 0 fully saturated rings. The van der Waals surface area contributed by atoms with Crippen LogP contribution in [0.1, 0.15) is 25.5 Å². The average molecular weight is 150 g/mol. The Hall–Kier alpha value is -1.25. The molecule has 1 heterocycles. The summed E-state index contributed by atoms with van der Waals surface area (Å²) < 4.78 is 0. The summed E-state index contributed by atoms with van der Waals surface area (Å²) in [5.74, 6) is 0.0155. The Labute approximate surface area is 65.5 Å². The van der Waals surface area contributed by atoms with Gasteiger partial charge in [-0.25, -0.2) is 9.97 Å². The first-order valence-corrected chi connectivity index (χ1v) is 3.48. The molecule has 3 heteroatoms. The number of hydrogen-bond acceptors (Lipinski definition) is 3. The van der Waals surface area contributed by atoms with Crippen LogP contribution in [0.5, 0.6) is 0 Å². The molecule has 0 bridgehead atoms. The summed E-state index contributed by atoms with van der Waals surface area (Å²) in [5.41, 5.74) is 0.785. The van der Waals surface area contributed by atoms with Crippen molar-refractivity contribution in [1.29, 1.82) is 0 Å². The SMILES string of the molecule is CC(=O)C(C)c1ccncn1. The van der Waals surface area contributed by atoms with Crippen molar-refractivity contribution in [3.63, 3.8) is 0 Å². The third-order valence-corrected chi connectivity index (χ3v) is 1.66. The standard InChI is InChI=1S/C8H10N2O/c1-6(7(2)11)8-3-4-9-5-10-8/h3-6H,1-2H3. The van der Waals surface area contributed by atoms with Crippen molar-refractivity contribution in [2.24, 2.45) is 0 Å². The predicted molar refractivity (Wildman–Crippen MR) is 41.1 cm³/mol. The summed E-state index contributed by atoms with van der Waals surface area (Å²) in [4.78, 5) is 18.6. The van der Waals surface area contributed by atoms with E-state index in [0.717, 1.165) is 5.69 Å². The predicted octanol–water partition coefficient (Wildman–Crippen LogP) is 1.17. The van der Waals surface area contributed by atoms with Gasteiger partial charge in [-0.15, -0.1) is 0 Å². The van der Waals surface area contributed by atoms with Gasteiger partial charge in [0.15, 0.2) is 0 Å². The first kappa shape index (κ1) is 7.85. The number of nitrogens with zero attached hydrogens (tertiary/aromatic N) is 2. The average Bonchev–Trinajstić information content (AvgIpc) is 2.05. The fraction of sp³-hybridized carbons (Fsp3) is 0.375. The maximum absolute atomic E-state index is 10.9. The van der Waals surface area contributed by atoms with Crippen molar-refractivity contribution in [2.45, 2.75) is 19.8 Å². The number of carbonyl (C=O) groups excluding carboxylic acids is 1. The molecule has 0 aliphatic carbocycles. The third-order valence-electron chi connectivity index (χ3n) is 1.66. The van der Waals surface area contributed by atoms with Crippen LogP contribution >= 0.6 is 0 Å². The van der Waals surface area contributed by atoms with Gasteiger partial charge in [-0.3, -0.25) is 4.79 Å². The van der Waals surface area contributed by atoms with E-state index < -0.39 is 0 Å². The number of aromatic nitrogens is 2. The Balaban J connectivity index is 2.85. The highest BCUT2D eigenvalue weighted by atomic mass is 16.1. The quantitative estimate of drug-likeness (QED) is 0.635. The molecule has 0 amide bonds. The van der Waals surface area contributed by atoms with Crippen LogP contribution in [0.4, 0.5) is 0 Å².